The van der Waals surface area contributed by atoms with Crippen molar-refractivity contribution < 1.29 is 17.4 Å². The van der Waals surface area contributed by atoms with Crippen LogP contribution in [0, 0.1) is 0 Å². The predicted octanol–water partition coefficient (Wildman–Crippen LogP) is 4.46. The molecule has 3 rings (SSSR count). The molecule has 1 fully saturated rings. The molecular weight excluding hydrogens is 350 g/mol. The number of nitrogens with one attached hydrogen (secondary N) is 1. The van der Waals surface area contributed by atoms with Crippen LogP contribution in [0.1, 0.15) is 50.5 Å². The zero-order valence-corrected chi connectivity index (χ0v) is 15.6. The number of carbonyl (C=O) groups is 1. The van der Waals surface area contributed by atoms with Gasteiger partial charge in [0.2, 0.25) is 5.91 Å². The van der Waals surface area contributed by atoms with Crippen LogP contribution >= 0.6 is 0 Å². The van der Waals surface area contributed by atoms with Gasteiger partial charge in [0.25, 0.3) is 0 Å². The molecule has 0 saturated heterocycles. The van der Waals surface area contributed by atoms with Crippen molar-refractivity contribution in [1.82, 2.24) is 0 Å². The topological polar surface area (TPSA) is 72.5 Å². The molecule has 1 aliphatic rings. The number of rotatable bonds is 5. The summed E-state index contributed by atoms with van der Waals surface area (Å²) < 4.78 is 30.4. The lowest BCUT2D eigenvalue weighted by Crippen LogP contribution is -2.13. The highest BCUT2D eigenvalue weighted by molar-refractivity contribution is 7.87. The summed E-state index contributed by atoms with van der Waals surface area (Å²) in [6, 6.07) is 13.4. The van der Waals surface area contributed by atoms with Crippen LogP contribution < -0.4 is 9.50 Å². The third-order valence-electron chi connectivity index (χ3n) is 4.64. The van der Waals surface area contributed by atoms with E-state index in [0.717, 1.165) is 12.8 Å². The summed E-state index contributed by atoms with van der Waals surface area (Å²) in [5.74, 6) is 0.316. The second-order valence-electron chi connectivity index (χ2n) is 6.62. The van der Waals surface area contributed by atoms with E-state index in [0.29, 0.717) is 11.6 Å². The van der Waals surface area contributed by atoms with Gasteiger partial charge in [-0.05, 0) is 48.6 Å². The summed E-state index contributed by atoms with van der Waals surface area (Å²) in [7, 11) is -3.97. The quantitative estimate of drug-likeness (QED) is 0.786. The van der Waals surface area contributed by atoms with Crippen LogP contribution in [0.3, 0.4) is 0 Å². The van der Waals surface area contributed by atoms with E-state index in [1.54, 1.807) is 30.3 Å². The third-order valence-corrected chi connectivity index (χ3v) is 5.89. The number of carbonyl (C=O) groups excluding carboxylic acids is 1. The molecule has 0 unspecified atom stereocenters. The number of hydrogen-bond donors (Lipinski definition) is 1. The lowest BCUT2D eigenvalue weighted by Gasteiger charge is -2.22. The van der Waals surface area contributed by atoms with Crippen molar-refractivity contribution in [2.45, 2.75) is 49.8 Å². The molecule has 26 heavy (non-hydrogen) atoms. The minimum Gasteiger partial charge on any atom is -0.377 e. The molecule has 6 heteroatoms. The summed E-state index contributed by atoms with van der Waals surface area (Å²) >= 11 is 0. The number of para-hydroxylation sites is 2. The van der Waals surface area contributed by atoms with Gasteiger partial charge in [-0.15, -0.1) is 0 Å². The molecule has 1 amide bonds. The monoisotopic (exact) mass is 373 g/mol. The van der Waals surface area contributed by atoms with Gasteiger partial charge in [-0.1, -0.05) is 43.5 Å². The van der Waals surface area contributed by atoms with Crippen molar-refractivity contribution in [3.63, 3.8) is 0 Å². The molecule has 0 spiro atoms. The van der Waals surface area contributed by atoms with E-state index in [9.17, 15) is 13.2 Å². The van der Waals surface area contributed by atoms with Crippen LogP contribution in [0.15, 0.2) is 53.4 Å². The Balaban J connectivity index is 1.79. The molecule has 0 aliphatic heterocycles. The van der Waals surface area contributed by atoms with Gasteiger partial charge in [0.05, 0.1) is 5.69 Å². The van der Waals surface area contributed by atoms with E-state index in [4.69, 9.17) is 4.18 Å². The number of hydrogen-bond acceptors (Lipinski definition) is 4. The van der Waals surface area contributed by atoms with Crippen LogP contribution in [-0.2, 0) is 14.9 Å². The van der Waals surface area contributed by atoms with Crippen molar-refractivity contribution in [2.24, 2.45) is 0 Å². The molecule has 5 nitrogen and oxygen atoms in total. The van der Waals surface area contributed by atoms with Crippen molar-refractivity contribution in [1.29, 1.82) is 0 Å². The van der Waals surface area contributed by atoms with E-state index in [-0.39, 0.29) is 16.6 Å². The molecule has 1 N–H and O–H groups in total. The fourth-order valence-electron chi connectivity index (χ4n) is 3.34. The van der Waals surface area contributed by atoms with E-state index < -0.39 is 10.1 Å². The van der Waals surface area contributed by atoms with Gasteiger partial charge < -0.3 is 9.50 Å². The first-order chi connectivity index (χ1) is 12.5. The van der Waals surface area contributed by atoms with Gasteiger partial charge in [-0.2, -0.15) is 8.42 Å². The van der Waals surface area contributed by atoms with Crippen molar-refractivity contribution in [3.05, 3.63) is 54.1 Å². The molecule has 1 aliphatic carbocycles. The molecule has 1 saturated carbocycles. The smallest absolute Gasteiger partial charge is 0.339 e. The maximum Gasteiger partial charge on any atom is 0.339 e. The molecule has 0 aromatic heterocycles. The molecule has 0 radical (unpaired) electrons. The minimum absolute atomic E-state index is 0.0963. The Morgan fingerprint density at radius 2 is 1.65 bits per heavy atom. The summed E-state index contributed by atoms with van der Waals surface area (Å²) in [4.78, 5) is 11.4. The second-order valence-corrected chi connectivity index (χ2v) is 8.17. The second kappa shape index (κ2) is 7.91. The summed E-state index contributed by atoms with van der Waals surface area (Å²) in [5, 5.41) is 2.57. The summed E-state index contributed by atoms with van der Waals surface area (Å²) in [6.45, 7) is 1.36. The number of amides is 1. The zero-order chi connectivity index (χ0) is 18.6. The highest BCUT2D eigenvalue weighted by Crippen LogP contribution is 2.33. The van der Waals surface area contributed by atoms with Crippen molar-refractivity contribution in [2.75, 3.05) is 5.32 Å². The zero-order valence-electron chi connectivity index (χ0n) is 14.8. The van der Waals surface area contributed by atoms with Crippen LogP contribution in [0.5, 0.6) is 5.75 Å². The maximum atomic E-state index is 12.6. The first-order valence-corrected chi connectivity index (χ1v) is 10.3. The van der Waals surface area contributed by atoms with Crippen LogP contribution in [-0.4, -0.2) is 14.3 Å². The lowest BCUT2D eigenvalue weighted by atomic mass is 9.84. The normalized spacial score (nSPS) is 15.4. The van der Waals surface area contributed by atoms with Gasteiger partial charge in [-0.25, -0.2) is 0 Å². The van der Waals surface area contributed by atoms with Gasteiger partial charge in [0.15, 0.2) is 5.75 Å². The fourth-order valence-corrected chi connectivity index (χ4v) is 4.29. The van der Waals surface area contributed by atoms with Gasteiger partial charge in [0, 0.05) is 6.92 Å². The first kappa shape index (κ1) is 18.5. The standard InChI is InChI=1S/C20H23NO4S/c1-15(22)21-19-9-5-6-10-20(19)25-26(23,24)18-13-11-17(12-14-18)16-7-3-2-4-8-16/h5-6,9-14,16H,2-4,7-8H2,1H3,(H,21,22). The Kier molecular flexibility index (Phi) is 5.61. The van der Waals surface area contributed by atoms with Crippen LogP contribution in [0.2, 0.25) is 0 Å². The molecule has 0 atom stereocenters. The highest BCUT2D eigenvalue weighted by Gasteiger charge is 2.20. The number of anilines is 1. The van der Waals surface area contributed by atoms with Gasteiger partial charge in [0.1, 0.15) is 4.90 Å². The predicted molar refractivity (Wildman–Crippen MR) is 101 cm³/mol. The summed E-state index contributed by atoms with van der Waals surface area (Å²) in [5.41, 5.74) is 1.50. The number of benzene rings is 2. The van der Waals surface area contributed by atoms with E-state index in [2.05, 4.69) is 5.32 Å². The van der Waals surface area contributed by atoms with Crippen LogP contribution in [0.25, 0.3) is 0 Å². The average Bonchev–Trinajstić information content (AvgIpc) is 2.64. The van der Waals surface area contributed by atoms with Crippen molar-refractivity contribution in [3.8, 4) is 5.75 Å². The Hall–Kier alpha value is -2.34. The van der Waals surface area contributed by atoms with E-state index >= 15 is 0 Å². The molecule has 0 heterocycles. The maximum absolute atomic E-state index is 12.6. The fraction of sp³-hybridized carbons (Fsp3) is 0.350. The third kappa shape index (κ3) is 4.43. The average molecular weight is 373 g/mol. The Morgan fingerprint density at radius 1 is 1.00 bits per heavy atom. The molecule has 2 aromatic carbocycles. The minimum atomic E-state index is -3.97. The molecule has 2 aromatic rings. The van der Waals surface area contributed by atoms with Crippen LogP contribution in [0.4, 0.5) is 5.69 Å². The summed E-state index contributed by atoms with van der Waals surface area (Å²) in [6.07, 6.45) is 6.06. The SMILES string of the molecule is CC(=O)Nc1ccccc1OS(=O)(=O)c1ccc(C2CCCCC2)cc1. The lowest BCUT2D eigenvalue weighted by molar-refractivity contribution is -0.114. The van der Waals surface area contributed by atoms with E-state index in [1.807, 2.05) is 12.1 Å². The molecule has 138 valence electrons. The Bertz CT molecular complexity index is 869. The van der Waals surface area contributed by atoms with E-state index in [1.165, 1.54) is 37.8 Å². The Morgan fingerprint density at radius 3 is 2.31 bits per heavy atom. The molecule has 0 bridgehead atoms. The highest BCUT2D eigenvalue weighted by atomic mass is 32.2. The molecular formula is C20H23NO4S. The van der Waals surface area contributed by atoms with Crippen molar-refractivity contribution >= 4 is 21.7 Å². The Labute approximate surface area is 154 Å². The first-order valence-electron chi connectivity index (χ1n) is 8.87. The van der Waals surface area contributed by atoms with Gasteiger partial charge >= 0.3 is 10.1 Å². The largest absolute Gasteiger partial charge is 0.377 e. The van der Waals surface area contributed by atoms with Gasteiger partial charge in [-0.3, -0.25) is 4.79 Å².